The minimum atomic E-state index is -0.925. The molecule has 1 aliphatic heterocycles. The van der Waals surface area contributed by atoms with Gasteiger partial charge in [-0.25, -0.2) is 0 Å². The van der Waals surface area contributed by atoms with Crippen molar-refractivity contribution in [2.24, 2.45) is 5.41 Å². The fourth-order valence-corrected chi connectivity index (χ4v) is 3.22. The van der Waals surface area contributed by atoms with Crippen LogP contribution in [0.2, 0.25) is 0 Å². The highest BCUT2D eigenvalue weighted by molar-refractivity contribution is 5.95. The Morgan fingerprint density at radius 1 is 1.12 bits per heavy atom. The number of furan rings is 1. The summed E-state index contributed by atoms with van der Waals surface area (Å²) in [7, 11) is 0. The first-order valence-corrected chi connectivity index (χ1v) is 8.54. The normalized spacial score (nSPS) is 20.0. The maximum atomic E-state index is 12.7. The molecule has 0 aliphatic carbocycles. The number of piperidine rings is 1. The smallest absolute Gasteiger partial charge is 0.311 e. The molecule has 1 aliphatic rings. The molecule has 1 amide bonds. The molecule has 0 radical (unpaired) electrons. The number of hydrogen-bond donors (Lipinski definition) is 1. The lowest BCUT2D eigenvalue weighted by Gasteiger charge is -2.37. The second-order valence-corrected chi connectivity index (χ2v) is 6.99. The predicted molar refractivity (Wildman–Crippen MR) is 95.0 cm³/mol. The van der Waals surface area contributed by atoms with Gasteiger partial charge in [-0.3, -0.25) is 14.4 Å². The molecule has 3 rings (SSSR count). The third-order valence-electron chi connectivity index (χ3n) is 4.89. The Hall–Kier alpha value is -2.89. The van der Waals surface area contributed by atoms with Crippen LogP contribution < -0.4 is 0 Å². The number of aliphatic carboxylic acids is 1. The molecular weight excluding hydrogens is 334 g/mol. The quantitative estimate of drug-likeness (QED) is 0.849. The van der Waals surface area contributed by atoms with Gasteiger partial charge in [0.15, 0.2) is 11.5 Å². The lowest BCUT2D eigenvalue weighted by atomic mass is 9.82. The van der Waals surface area contributed by atoms with E-state index in [1.807, 2.05) is 0 Å². The number of amides is 1. The van der Waals surface area contributed by atoms with Crippen LogP contribution in [0.15, 0.2) is 40.8 Å². The second kappa shape index (κ2) is 6.78. The number of hydrogen-bond acceptors (Lipinski definition) is 4. The zero-order chi connectivity index (χ0) is 18.9. The van der Waals surface area contributed by atoms with Crippen LogP contribution >= 0.6 is 0 Å². The van der Waals surface area contributed by atoms with Crippen LogP contribution in [0.3, 0.4) is 0 Å². The average molecular weight is 355 g/mol. The number of Topliss-reactive ketones (excluding diaryl/α,β-unsaturated/α-hetero) is 1. The molecule has 0 bridgehead atoms. The van der Waals surface area contributed by atoms with Crippen molar-refractivity contribution in [2.75, 3.05) is 13.1 Å². The number of rotatable bonds is 4. The van der Waals surface area contributed by atoms with Crippen molar-refractivity contribution in [3.05, 3.63) is 47.7 Å². The van der Waals surface area contributed by atoms with E-state index in [1.54, 1.807) is 48.2 Å². The third-order valence-corrected chi connectivity index (χ3v) is 4.89. The zero-order valence-corrected chi connectivity index (χ0v) is 14.8. The highest BCUT2D eigenvalue weighted by Gasteiger charge is 2.40. The molecule has 1 aromatic carbocycles. The van der Waals surface area contributed by atoms with Crippen molar-refractivity contribution in [3.8, 4) is 11.3 Å². The number of likely N-dealkylation sites (tertiary alicyclic amines) is 1. The Morgan fingerprint density at radius 2 is 1.81 bits per heavy atom. The molecular formula is C20H21NO5. The number of nitrogens with zero attached hydrogens (tertiary/aromatic N) is 1. The molecule has 1 saturated heterocycles. The van der Waals surface area contributed by atoms with Gasteiger partial charge in [-0.15, -0.1) is 0 Å². The molecule has 6 heteroatoms. The minimum absolute atomic E-state index is 0.0153. The Kier molecular flexibility index (Phi) is 4.68. The molecule has 1 atom stereocenters. The maximum Gasteiger partial charge on any atom is 0.311 e. The van der Waals surface area contributed by atoms with E-state index < -0.39 is 11.4 Å². The first-order valence-electron chi connectivity index (χ1n) is 8.54. The number of carboxylic acid groups (broad SMARTS) is 1. The number of benzene rings is 1. The molecule has 26 heavy (non-hydrogen) atoms. The summed E-state index contributed by atoms with van der Waals surface area (Å²) in [6, 6.07) is 10.3. The topological polar surface area (TPSA) is 87.8 Å². The van der Waals surface area contributed by atoms with Crippen molar-refractivity contribution < 1.29 is 23.9 Å². The van der Waals surface area contributed by atoms with E-state index in [1.165, 1.54) is 6.92 Å². The fraction of sp³-hybridized carbons (Fsp3) is 0.350. The van der Waals surface area contributed by atoms with E-state index >= 15 is 0 Å². The SMILES string of the molecule is CC(=O)c1ccc(-c2ccc(C(=O)N3CCCC(C)(C(=O)O)C3)o2)cc1. The molecule has 0 spiro atoms. The highest BCUT2D eigenvalue weighted by atomic mass is 16.4. The summed E-state index contributed by atoms with van der Waals surface area (Å²) in [5.74, 6) is -0.491. The van der Waals surface area contributed by atoms with Gasteiger partial charge in [0.25, 0.3) is 5.91 Å². The maximum absolute atomic E-state index is 12.7. The minimum Gasteiger partial charge on any atom is -0.481 e. The zero-order valence-electron chi connectivity index (χ0n) is 14.8. The lowest BCUT2D eigenvalue weighted by molar-refractivity contribution is -0.150. The predicted octanol–water partition coefficient (Wildman–Crippen LogP) is 3.48. The van der Waals surface area contributed by atoms with Gasteiger partial charge in [-0.1, -0.05) is 24.3 Å². The summed E-state index contributed by atoms with van der Waals surface area (Å²) < 4.78 is 5.69. The molecule has 1 unspecified atom stereocenters. The molecule has 2 heterocycles. The average Bonchev–Trinajstić information content (AvgIpc) is 3.11. The largest absolute Gasteiger partial charge is 0.481 e. The van der Waals surface area contributed by atoms with Crippen LogP contribution in [-0.4, -0.2) is 40.8 Å². The van der Waals surface area contributed by atoms with E-state index in [0.717, 1.165) is 5.56 Å². The van der Waals surface area contributed by atoms with Gasteiger partial charge in [0, 0.05) is 24.2 Å². The first kappa shape index (κ1) is 17.9. The van der Waals surface area contributed by atoms with E-state index in [4.69, 9.17) is 4.42 Å². The van der Waals surface area contributed by atoms with Gasteiger partial charge in [0.1, 0.15) is 5.76 Å². The van der Waals surface area contributed by atoms with E-state index in [0.29, 0.717) is 30.7 Å². The molecule has 0 saturated carbocycles. The van der Waals surface area contributed by atoms with E-state index in [2.05, 4.69) is 0 Å². The summed E-state index contributed by atoms with van der Waals surface area (Å²) in [5, 5.41) is 9.40. The summed E-state index contributed by atoms with van der Waals surface area (Å²) in [5.41, 5.74) is 0.451. The van der Waals surface area contributed by atoms with Crippen molar-refractivity contribution in [2.45, 2.75) is 26.7 Å². The Balaban J connectivity index is 1.77. The number of carbonyl (C=O) groups excluding carboxylic acids is 2. The Labute approximate surface area is 151 Å². The summed E-state index contributed by atoms with van der Waals surface area (Å²) >= 11 is 0. The van der Waals surface area contributed by atoms with Crippen molar-refractivity contribution >= 4 is 17.7 Å². The number of carboxylic acids is 1. The van der Waals surface area contributed by atoms with Crippen molar-refractivity contribution in [3.63, 3.8) is 0 Å². The van der Waals surface area contributed by atoms with Crippen LogP contribution in [0.5, 0.6) is 0 Å². The lowest BCUT2D eigenvalue weighted by Crippen LogP contribution is -2.48. The Morgan fingerprint density at radius 3 is 2.42 bits per heavy atom. The highest BCUT2D eigenvalue weighted by Crippen LogP contribution is 2.31. The van der Waals surface area contributed by atoms with Gasteiger partial charge in [0.2, 0.25) is 0 Å². The van der Waals surface area contributed by atoms with Crippen LogP contribution in [0, 0.1) is 5.41 Å². The van der Waals surface area contributed by atoms with E-state index in [-0.39, 0.29) is 24.0 Å². The van der Waals surface area contributed by atoms with Crippen LogP contribution in [0.4, 0.5) is 0 Å². The van der Waals surface area contributed by atoms with Gasteiger partial charge >= 0.3 is 5.97 Å². The first-order chi connectivity index (χ1) is 12.3. The number of carbonyl (C=O) groups is 3. The third kappa shape index (κ3) is 3.40. The van der Waals surface area contributed by atoms with Crippen LogP contribution in [-0.2, 0) is 4.79 Å². The molecule has 6 nitrogen and oxygen atoms in total. The molecule has 1 fully saturated rings. The summed E-state index contributed by atoms with van der Waals surface area (Å²) in [6.07, 6.45) is 1.20. The molecule has 1 aromatic heterocycles. The van der Waals surface area contributed by atoms with Crippen molar-refractivity contribution in [1.82, 2.24) is 4.90 Å². The molecule has 136 valence electrons. The fourth-order valence-electron chi connectivity index (χ4n) is 3.22. The van der Waals surface area contributed by atoms with Gasteiger partial charge in [-0.05, 0) is 38.8 Å². The van der Waals surface area contributed by atoms with Gasteiger partial charge in [0.05, 0.1) is 5.41 Å². The van der Waals surface area contributed by atoms with Crippen LogP contribution in [0.1, 0.15) is 47.6 Å². The van der Waals surface area contributed by atoms with Crippen molar-refractivity contribution in [1.29, 1.82) is 0 Å². The number of ketones is 1. The summed E-state index contributed by atoms with van der Waals surface area (Å²) in [6.45, 7) is 3.86. The molecule has 1 N–H and O–H groups in total. The Bertz CT molecular complexity index is 851. The van der Waals surface area contributed by atoms with E-state index in [9.17, 15) is 19.5 Å². The molecule has 2 aromatic rings. The van der Waals surface area contributed by atoms with Crippen LogP contribution in [0.25, 0.3) is 11.3 Å². The second-order valence-electron chi connectivity index (χ2n) is 6.99. The standard InChI is InChI=1S/C20H21NO5/c1-13(22)14-4-6-15(7-5-14)16-8-9-17(26-16)18(23)21-11-3-10-20(2,12-21)19(24)25/h4-9H,3,10-12H2,1-2H3,(H,24,25). The van der Waals surface area contributed by atoms with Gasteiger partial charge in [-0.2, -0.15) is 0 Å². The van der Waals surface area contributed by atoms with Gasteiger partial charge < -0.3 is 14.4 Å². The monoisotopic (exact) mass is 355 g/mol. The summed E-state index contributed by atoms with van der Waals surface area (Å²) in [4.78, 5) is 37.0.